The van der Waals surface area contributed by atoms with Crippen LogP contribution in [0.15, 0.2) is 0 Å². The van der Waals surface area contributed by atoms with Crippen LogP contribution >= 0.6 is 0 Å². The molecule has 0 saturated heterocycles. The van der Waals surface area contributed by atoms with Crippen LogP contribution in [0.5, 0.6) is 0 Å². The van der Waals surface area contributed by atoms with Gasteiger partial charge in [0.2, 0.25) is 11.8 Å². The Bertz CT molecular complexity index is 1070. The summed E-state index contributed by atoms with van der Waals surface area (Å²) < 4.78 is 16.2. The summed E-state index contributed by atoms with van der Waals surface area (Å²) in [5.74, 6) is -3.46. The van der Waals surface area contributed by atoms with Crippen LogP contribution in [-0.4, -0.2) is 72.8 Å². The second kappa shape index (κ2) is 43.3. The van der Waals surface area contributed by atoms with Crippen LogP contribution in [0.3, 0.4) is 0 Å². The molecule has 0 bridgehead atoms. The summed E-state index contributed by atoms with van der Waals surface area (Å²) in [5.41, 5.74) is 5.26. The lowest BCUT2D eigenvalue weighted by Crippen LogP contribution is -2.45. The number of carbonyl (C=O) groups is 6. The fourth-order valence-electron chi connectivity index (χ4n) is 7.20. The number of alkyl carbamates (subject to hydrolysis) is 1. The number of nitrogens with two attached hydrogens (primary N) is 1. The number of esters is 2. The van der Waals surface area contributed by atoms with Crippen molar-refractivity contribution in [3.8, 4) is 0 Å². The summed E-state index contributed by atoms with van der Waals surface area (Å²) in [6.45, 7) is 3.75. The first-order valence-electron chi connectivity index (χ1n) is 24.6. The van der Waals surface area contributed by atoms with Gasteiger partial charge >= 0.3 is 24.0 Å². The minimum absolute atomic E-state index is 0.163. The Labute approximate surface area is 369 Å². The molecule has 0 aromatic heterocycles. The molecule has 0 aliphatic rings. The molecular weight excluding hydrogens is 779 g/mol. The van der Waals surface area contributed by atoms with Crippen molar-refractivity contribution in [1.29, 1.82) is 0 Å². The Morgan fingerprint density at radius 2 is 0.836 bits per heavy atom. The van der Waals surface area contributed by atoms with Crippen LogP contribution in [0.25, 0.3) is 0 Å². The molecule has 0 radical (unpaired) electrons. The van der Waals surface area contributed by atoms with Gasteiger partial charge in [0.05, 0.1) is 0 Å². The molecule has 61 heavy (non-hydrogen) atoms. The smallest absolute Gasteiger partial charge is 0.407 e. The maximum absolute atomic E-state index is 12.6. The average molecular weight is 868 g/mol. The molecule has 0 heterocycles. The van der Waals surface area contributed by atoms with Crippen molar-refractivity contribution in [2.24, 2.45) is 5.73 Å². The van der Waals surface area contributed by atoms with Gasteiger partial charge in [0.25, 0.3) is 0 Å². The van der Waals surface area contributed by atoms with Gasteiger partial charge in [0, 0.05) is 32.2 Å². The van der Waals surface area contributed by atoms with E-state index < -0.39 is 48.0 Å². The average Bonchev–Trinajstić information content (AvgIpc) is 3.23. The molecule has 13 nitrogen and oxygen atoms in total. The molecule has 1 atom stereocenters. The molecule has 0 fully saturated rings. The lowest BCUT2D eigenvalue weighted by atomic mass is 10.0. The third kappa shape index (κ3) is 41.7. The molecule has 3 amide bonds. The molecule has 0 aromatic rings. The van der Waals surface area contributed by atoms with Crippen LogP contribution in [-0.2, 0) is 38.2 Å². The van der Waals surface area contributed by atoms with Crippen molar-refractivity contribution in [3.63, 3.8) is 0 Å². The zero-order valence-electron chi connectivity index (χ0n) is 38.7. The largest absolute Gasteiger partial charge is 0.481 e. The number of carboxylic acid groups (broad SMARTS) is 1. The highest BCUT2D eigenvalue weighted by Gasteiger charge is 2.21. The van der Waals surface area contributed by atoms with Gasteiger partial charge in [-0.2, -0.15) is 0 Å². The number of nitrogens with one attached hydrogen (secondary N) is 2. The van der Waals surface area contributed by atoms with E-state index >= 15 is 0 Å². The Hall–Kier alpha value is -3.38. The predicted molar refractivity (Wildman–Crippen MR) is 242 cm³/mol. The summed E-state index contributed by atoms with van der Waals surface area (Å²) in [6, 6.07) is -1.16. The molecule has 5 N–H and O–H groups in total. The first-order valence-corrected chi connectivity index (χ1v) is 24.6. The number of hydrogen-bond acceptors (Lipinski definition) is 9. The Balaban J connectivity index is 4.52. The van der Waals surface area contributed by atoms with E-state index in [9.17, 15) is 28.8 Å². The molecule has 0 saturated carbocycles. The molecule has 0 rings (SSSR count). The molecule has 13 heteroatoms. The Morgan fingerprint density at radius 1 is 0.492 bits per heavy atom. The molecule has 0 aliphatic heterocycles. The second-order valence-corrected chi connectivity index (χ2v) is 16.9. The highest BCUT2D eigenvalue weighted by atomic mass is 16.6. The third-order valence-corrected chi connectivity index (χ3v) is 11.0. The molecule has 0 spiro atoms. The van der Waals surface area contributed by atoms with E-state index in [-0.39, 0.29) is 51.9 Å². The first-order chi connectivity index (χ1) is 29.6. The van der Waals surface area contributed by atoms with Crippen molar-refractivity contribution in [2.45, 2.75) is 251 Å². The highest BCUT2D eigenvalue weighted by molar-refractivity contribution is 5.87. The van der Waals surface area contributed by atoms with Gasteiger partial charge in [0.15, 0.2) is 6.10 Å². The van der Waals surface area contributed by atoms with Gasteiger partial charge < -0.3 is 35.7 Å². The van der Waals surface area contributed by atoms with Crippen molar-refractivity contribution >= 4 is 35.8 Å². The number of carbonyl (C=O) groups excluding carboxylic acids is 5. The van der Waals surface area contributed by atoms with Crippen LogP contribution in [0, 0.1) is 0 Å². The maximum Gasteiger partial charge on any atom is 0.407 e. The molecule has 0 aromatic carbocycles. The minimum Gasteiger partial charge on any atom is -0.481 e. The van der Waals surface area contributed by atoms with E-state index in [1.165, 1.54) is 141 Å². The predicted octanol–water partition coefficient (Wildman–Crippen LogP) is 10.9. The topological polar surface area (TPSA) is 200 Å². The van der Waals surface area contributed by atoms with Crippen molar-refractivity contribution in [1.82, 2.24) is 10.6 Å². The van der Waals surface area contributed by atoms with E-state index in [0.717, 1.165) is 38.5 Å². The van der Waals surface area contributed by atoms with Crippen molar-refractivity contribution < 1.29 is 48.1 Å². The second-order valence-electron chi connectivity index (χ2n) is 16.9. The lowest BCUT2D eigenvalue weighted by molar-refractivity contribution is -0.152. The van der Waals surface area contributed by atoms with Gasteiger partial charge in [-0.05, 0) is 19.3 Å². The SMILES string of the molecule is CCCCCCCCCCCCCCCCCC(=O)OCC(COC(=O)CCCCCCCCCCCCCCCCC)OC(=O)NCCC(=O)NC(CCC(=O)O)C(N)=O. The standard InChI is InChI=1S/C48H89N3O10/c1-3-5-7-9-11-13-15-17-19-21-23-25-27-29-31-33-45(55)59-39-41(61-48(58)50-38-37-43(52)51-42(47(49)57)35-36-44(53)54)40-60-46(56)34-32-30-28-26-24-22-20-18-16-14-12-10-8-6-4-2/h41-42H,3-40H2,1-2H3,(H2,49,57)(H,50,58)(H,51,52)(H,53,54). The minimum atomic E-state index is -1.16. The fraction of sp³-hybridized carbons (Fsp3) is 0.875. The third-order valence-electron chi connectivity index (χ3n) is 11.0. The number of ether oxygens (including phenoxy) is 3. The maximum atomic E-state index is 12.6. The van der Waals surface area contributed by atoms with E-state index in [4.69, 9.17) is 25.1 Å². The number of primary amides is 1. The number of rotatable bonds is 45. The summed E-state index contributed by atoms with van der Waals surface area (Å²) in [6.07, 6.45) is 34.5. The van der Waals surface area contributed by atoms with Crippen LogP contribution < -0.4 is 16.4 Å². The van der Waals surface area contributed by atoms with E-state index in [1.54, 1.807) is 0 Å². The fourth-order valence-corrected chi connectivity index (χ4v) is 7.20. The number of amides is 3. The highest BCUT2D eigenvalue weighted by Crippen LogP contribution is 2.16. The zero-order chi connectivity index (χ0) is 45.0. The van der Waals surface area contributed by atoms with Gasteiger partial charge in [-0.15, -0.1) is 0 Å². The molecule has 0 aliphatic carbocycles. The van der Waals surface area contributed by atoms with E-state index in [1.807, 2.05) is 0 Å². The van der Waals surface area contributed by atoms with Crippen LogP contribution in [0.2, 0.25) is 0 Å². The number of hydrogen-bond donors (Lipinski definition) is 4. The van der Waals surface area contributed by atoms with E-state index in [0.29, 0.717) is 12.8 Å². The normalized spacial score (nSPS) is 11.6. The number of unbranched alkanes of at least 4 members (excludes halogenated alkanes) is 28. The quantitative estimate of drug-likeness (QED) is 0.0259. The van der Waals surface area contributed by atoms with Gasteiger partial charge in [0.1, 0.15) is 19.3 Å². The molecule has 1 unspecified atom stereocenters. The van der Waals surface area contributed by atoms with Crippen LogP contribution in [0.1, 0.15) is 239 Å². The zero-order valence-corrected chi connectivity index (χ0v) is 38.7. The van der Waals surface area contributed by atoms with Gasteiger partial charge in [-0.1, -0.05) is 194 Å². The monoisotopic (exact) mass is 868 g/mol. The van der Waals surface area contributed by atoms with Crippen LogP contribution in [0.4, 0.5) is 4.79 Å². The first kappa shape index (κ1) is 57.6. The summed E-state index contributed by atoms with van der Waals surface area (Å²) in [7, 11) is 0. The Morgan fingerprint density at radius 3 is 1.16 bits per heavy atom. The summed E-state index contributed by atoms with van der Waals surface area (Å²) in [4.78, 5) is 72.4. The van der Waals surface area contributed by atoms with Gasteiger partial charge in [-0.3, -0.25) is 24.0 Å². The Kier molecular flexibility index (Phi) is 40.9. The van der Waals surface area contributed by atoms with E-state index in [2.05, 4.69) is 24.5 Å². The lowest BCUT2D eigenvalue weighted by Gasteiger charge is -2.19. The number of aliphatic carboxylic acids is 1. The molecule has 356 valence electrons. The van der Waals surface area contributed by atoms with Crippen molar-refractivity contribution in [2.75, 3.05) is 19.8 Å². The number of carboxylic acids is 1. The summed E-state index contributed by atoms with van der Waals surface area (Å²) in [5, 5.41) is 13.6. The summed E-state index contributed by atoms with van der Waals surface area (Å²) >= 11 is 0. The van der Waals surface area contributed by atoms with Gasteiger partial charge in [-0.25, -0.2) is 4.79 Å². The molecular formula is C48H89N3O10. The van der Waals surface area contributed by atoms with Crippen molar-refractivity contribution in [3.05, 3.63) is 0 Å².